The second-order valence-electron chi connectivity index (χ2n) is 6.22. The van der Waals surface area contributed by atoms with E-state index in [1.54, 1.807) is 24.3 Å². The highest BCUT2D eigenvalue weighted by Gasteiger charge is 2.12. The summed E-state index contributed by atoms with van der Waals surface area (Å²) in [6.45, 7) is 3.59. The molecule has 0 radical (unpaired) electrons. The van der Waals surface area contributed by atoms with Crippen LogP contribution in [0.4, 0.5) is 0 Å². The molecule has 0 aliphatic rings. The fraction of sp³-hybridized carbons (Fsp3) is 0.286. The lowest BCUT2D eigenvalue weighted by atomic mass is 10.1. The molecule has 0 saturated carbocycles. The quantitative estimate of drug-likeness (QED) is 0.420. The van der Waals surface area contributed by atoms with Gasteiger partial charge in [0.2, 0.25) is 0 Å². The van der Waals surface area contributed by atoms with Gasteiger partial charge in [0.15, 0.2) is 4.80 Å². The number of ether oxygens (including phenoxy) is 2. The van der Waals surface area contributed by atoms with Crippen molar-refractivity contribution >= 4 is 45.0 Å². The fourth-order valence-electron chi connectivity index (χ4n) is 2.84. The van der Waals surface area contributed by atoms with Crippen molar-refractivity contribution in [2.45, 2.75) is 19.9 Å². The Morgan fingerprint density at radius 2 is 1.93 bits per heavy atom. The van der Waals surface area contributed by atoms with Gasteiger partial charge in [-0.25, -0.2) is 4.79 Å². The first-order chi connectivity index (χ1) is 14.0. The zero-order valence-corrected chi connectivity index (χ0v) is 17.8. The van der Waals surface area contributed by atoms with Crippen LogP contribution in [0.3, 0.4) is 0 Å². The van der Waals surface area contributed by atoms with Crippen LogP contribution < -0.4 is 4.80 Å². The topological polar surface area (TPSA) is 69.9 Å². The van der Waals surface area contributed by atoms with Crippen LogP contribution in [0.2, 0.25) is 5.02 Å². The maximum Gasteiger partial charge on any atom is 0.337 e. The van der Waals surface area contributed by atoms with Gasteiger partial charge in [0.1, 0.15) is 0 Å². The molecule has 0 atom stereocenters. The molecule has 0 saturated heterocycles. The zero-order valence-electron chi connectivity index (χ0n) is 16.2. The van der Waals surface area contributed by atoms with Gasteiger partial charge in [-0.05, 0) is 42.8 Å². The van der Waals surface area contributed by atoms with E-state index in [4.69, 9.17) is 21.1 Å². The monoisotopic (exact) mass is 432 g/mol. The predicted octanol–water partition coefficient (Wildman–Crippen LogP) is 3.85. The van der Waals surface area contributed by atoms with Gasteiger partial charge in [0.25, 0.3) is 5.91 Å². The summed E-state index contributed by atoms with van der Waals surface area (Å²) >= 11 is 7.25. The molecule has 8 heteroatoms. The molecular formula is C21H21ClN2O4S. The minimum atomic E-state index is -0.404. The number of carbonyl (C=O) groups excluding carboxylic acids is 2. The van der Waals surface area contributed by atoms with E-state index in [1.807, 2.05) is 29.7 Å². The van der Waals surface area contributed by atoms with E-state index >= 15 is 0 Å². The van der Waals surface area contributed by atoms with Crippen molar-refractivity contribution in [3.63, 3.8) is 0 Å². The lowest BCUT2D eigenvalue weighted by Crippen LogP contribution is -2.20. The Kier molecular flexibility index (Phi) is 7.19. The Balaban J connectivity index is 1.97. The van der Waals surface area contributed by atoms with Crippen LogP contribution in [0.1, 0.15) is 22.8 Å². The summed E-state index contributed by atoms with van der Waals surface area (Å²) in [6.07, 6.45) is 0.185. The molecule has 0 unspecified atom stereocenters. The highest BCUT2D eigenvalue weighted by molar-refractivity contribution is 7.16. The molecule has 0 spiro atoms. The third kappa shape index (κ3) is 5.32. The predicted molar refractivity (Wildman–Crippen MR) is 113 cm³/mol. The lowest BCUT2D eigenvalue weighted by molar-refractivity contribution is -0.117. The van der Waals surface area contributed by atoms with E-state index in [2.05, 4.69) is 4.99 Å². The lowest BCUT2D eigenvalue weighted by Gasteiger charge is -2.06. The van der Waals surface area contributed by atoms with E-state index in [0.29, 0.717) is 35.1 Å². The number of fused-ring (bicyclic) bond motifs is 1. The number of halogens is 1. The smallest absolute Gasteiger partial charge is 0.337 e. The van der Waals surface area contributed by atoms with E-state index < -0.39 is 5.97 Å². The second-order valence-corrected chi connectivity index (χ2v) is 7.66. The highest BCUT2D eigenvalue weighted by atomic mass is 35.5. The average molecular weight is 433 g/mol. The molecule has 1 aromatic heterocycles. The third-order valence-corrected chi connectivity index (χ3v) is 5.55. The summed E-state index contributed by atoms with van der Waals surface area (Å²) in [5.74, 6) is -0.657. The SMILES string of the molecule is CCOCCn1c(=NC(=O)Cc2ccc(Cl)cc2)sc2cc(C(=O)OC)ccc21. The number of amides is 1. The Bertz CT molecular complexity index is 1090. The molecule has 3 rings (SSSR count). The number of carbonyl (C=O) groups is 2. The average Bonchev–Trinajstić information content (AvgIpc) is 3.05. The summed E-state index contributed by atoms with van der Waals surface area (Å²) in [5.41, 5.74) is 2.19. The number of esters is 1. The van der Waals surface area contributed by atoms with E-state index in [0.717, 1.165) is 15.8 Å². The standard InChI is InChI=1S/C21H21ClN2O4S/c1-3-28-11-10-24-17-9-6-15(20(26)27-2)13-18(17)29-21(24)23-19(25)12-14-4-7-16(22)8-5-14/h4-9,13H,3,10-12H2,1-2H3. The van der Waals surface area contributed by atoms with Gasteiger partial charge >= 0.3 is 5.97 Å². The summed E-state index contributed by atoms with van der Waals surface area (Å²) in [7, 11) is 1.35. The molecule has 29 heavy (non-hydrogen) atoms. The molecule has 0 aliphatic heterocycles. The number of benzene rings is 2. The van der Waals surface area contributed by atoms with Crippen LogP contribution in [-0.4, -0.2) is 36.8 Å². The number of aromatic nitrogens is 1. The molecule has 2 aromatic carbocycles. The van der Waals surface area contributed by atoms with Crippen LogP contribution in [0, 0.1) is 0 Å². The summed E-state index contributed by atoms with van der Waals surface area (Å²) in [5, 5.41) is 0.623. The van der Waals surface area contributed by atoms with Gasteiger partial charge in [-0.1, -0.05) is 35.1 Å². The van der Waals surface area contributed by atoms with Crippen molar-refractivity contribution in [2.24, 2.45) is 4.99 Å². The van der Waals surface area contributed by atoms with E-state index in [-0.39, 0.29) is 12.3 Å². The first kappa shape index (κ1) is 21.2. The van der Waals surface area contributed by atoms with Crippen LogP contribution >= 0.6 is 22.9 Å². The highest BCUT2D eigenvalue weighted by Crippen LogP contribution is 2.20. The van der Waals surface area contributed by atoms with Gasteiger partial charge in [0, 0.05) is 18.2 Å². The van der Waals surface area contributed by atoms with Gasteiger partial charge in [-0.3, -0.25) is 4.79 Å². The summed E-state index contributed by atoms with van der Waals surface area (Å²) in [6, 6.07) is 12.4. The molecule has 152 valence electrons. The van der Waals surface area contributed by atoms with Gasteiger partial charge < -0.3 is 14.0 Å². The van der Waals surface area contributed by atoms with Crippen LogP contribution in [-0.2, 0) is 27.2 Å². The van der Waals surface area contributed by atoms with E-state index in [9.17, 15) is 9.59 Å². The first-order valence-corrected chi connectivity index (χ1v) is 10.3. The van der Waals surface area contributed by atoms with Gasteiger partial charge in [0.05, 0.1) is 35.9 Å². The van der Waals surface area contributed by atoms with Crippen molar-refractivity contribution in [1.29, 1.82) is 0 Å². The first-order valence-electron chi connectivity index (χ1n) is 9.13. The number of hydrogen-bond acceptors (Lipinski definition) is 5. The minimum Gasteiger partial charge on any atom is -0.465 e. The molecule has 0 bridgehead atoms. The van der Waals surface area contributed by atoms with Crippen LogP contribution in [0.15, 0.2) is 47.5 Å². The molecule has 1 heterocycles. The van der Waals surface area contributed by atoms with Gasteiger partial charge in [-0.15, -0.1) is 0 Å². The Labute approximate surface area is 177 Å². The molecule has 3 aromatic rings. The van der Waals surface area contributed by atoms with Crippen molar-refractivity contribution < 1.29 is 19.1 Å². The van der Waals surface area contributed by atoms with E-state index in [1.165, 1.54) is 18.4 Å². The molecule has 6 nitrogen and oxygen atoms in total. The minimum absolute atomic E-state index is 0.185. The molecule has 0 fully saturated rings. The van der Waals surface area contributed by atoms with Crippen molar-refractivity contribution in [1.82, 2.24) is 4.57 Å². The Morgan fingerprint density at radius 1 is 1.17 bits per heavy atom. The van der Waals surface area contributed by atoms with Gasteiger partial charge in [-0.2, -0.15) is 4.99 Å². The van der Waals surface area contributed by atoms with Crippen molar-refractivity contribution in [2.75, 3.05) is 20.3 Å². The largest absolute Gasteiger partial charge is 0.465 e. The molecular weight excluding hydrogens is 412 g/mol. The molecule has 0 N–H and O–H groups in total. The zero-order chi connectivity index (χ0) is 20.8. The number of hydrogen-bond donors (Lipinski definition) is 0. The van der Waals surface area contributed by atoms with Crippen LogP contribution in [0.25, 0.3) is 10.2 Å². The fourth-order valence-corrected chi connectivity index (χ4v) is 4.08. The van der Waals surface area contributed by atoms with Crippen molar-refractivity contribution in [3.05, 3.63) is 63.4 Å². The second kappa shape index (κ2) is 9.82. The summed E-state index contributed by atoms with van der Waals surface area (Å²) in [4.78, 5) is 29.3. The molecule has 0 aliphatic carbocycles. The Morgan fingerprint density at radius 3 is 2.62 bits per heavy atom. The number of rotatable bonds is 7. The molecule has 1 amide bonds. The number of methoxy groups -OCH3 is 1. The maximum atomic E-state index is 12.5. The van der Waals surface area contributed by atoms with Crippen LogP contribution in [0.5, 0.6) is 0 Å². The maximum absolute atomic E-state index is 12.5. The summed E-state index contributed by atoms with van der Waals surface area (Å²) < 4.78 is 13.1. The Hall–Kier alpha value is -2.48. The van der Waals surface area contributed by atoms with Crippen molar-refractivity contribution in [3.8, 4) is 0 Å². The number of nitrogens with zero attached hydrogens (tertiary/aromatic N) is 2. The number of thiazole rings is 1. The normalized spacial score (nSPS) is 11.8. The third-order valence-electron chi connectivity index (χ3n) is 4.26.